The number of morpholine rings is 1. The molecular formula is C20H26F4N2O4. The van der Waals surface area contributed by atoms with Gasteiger partial charge in [-0.1, -0.05) is 13.8 Å². The van der Waals surface area contributed by atoms with Gasteiger partial charge in [-0.15, -0.1) is 0 Å². The molecule has 0 saturated carbocycles. The first-order valence-corrected chi connectivity index (χ1v) is 9.56. The van der Waals surface area contributed by atoms with Gasteiger partial charge in [0.25, 0.3) is 0 Å². The molecule has 0 radical (unpaired) electrons. The van der Waals surface area contributed by atoms with Crippen molar-refractivity contribution in [2.75, 3.05) is 32.8 Å². The highest BCUT2D eigenvalue weighted by molar-refractivity contribution is 5.92. The fourth-order valence-corrected chi connectivity index (χ4v) is 3.05. The molecule has 1 aliphatic heterocycles. The number of ether oxygens (including phenoxy) is 3. The quantitative estimate of drug-likeness (QED) is 0.452. The lowest BCUT2D eigenvalue weighted by molar-refractivity contribution is -0.117. The molecule has 1 atom stereocenters. The van der Waals surface area contributed by atoms with Crippen LogP contribution in [0.3, 0.4) is 0 Å². The summed E-state index contributed by atoms with van der Waals surface area (Å²) in [6.45, 7) is 1.40. The Bertz CT molecular complexity index is 716. The Morgan fingerprint density at radius 2 is 2.00 bits per heavy atom. The van der Waals surface area contributed by atoms with Crippen LogP contribution in [-0.2, 0) is 9.53 Å². The van der Waals surface area contributed by atoms with Crippen LogP contribution in [0.1, 0.15) is 19.4 Å². The van der Waals surface area contributed by atoms with Crippen molar-refractivity contribution in [2.24, 2.45) is 5.92 Å². The maximum atomic E-state index is 12.6. The van der Waals surface area contributed by atoms with E-state index in [9.17, 15) is 22.4 Å². The molecule has 1 heterocycles. The van der Waals surface area contributed by atoms with E-state index >= 15 is 0 Å². The average Bonchev–Trinajstić information content (AvgIpc) is 2.64. The first-order chi connectivity index (χ1) is 14.2. The minimum atomic E-state index is -3.16. The molecule has 1 unspecified atom stereocenters. The zero-order valence-corrected chi connectivity index (χ0v) is 16.8. The van der Waals surface area contributed by atoms with Gasteiger partial charge in [0.2, 0.25) is 5.91 Å². The van der Waals surface area contributed by atoms with Crippen LogP contribution in [0.5, 0.6) is 11.5 Å². The Hall–Kier alpha value is -2.33. The molecule has 0 aromatic heterocycles. The van der Waals surface area contributed by atoms with Gasteiger partial charge >= 0.3 is 13.2 Å². The van der Waals surface area contributed by atoms with Crippen molar-refractivity contribution in [3.05, 3.63) is 29.8 Å². The number of halogens is 4. The number of hydrogen-bond acceptors (Lipinski definition) is 5. The van der Waals surface area contributed by atoms with Crippen LogP contribution in [-0.4, -0.2) is 62.9 Å². The SMILES string of the molecule is CC(C)CN1CCOC(CNC(=O)/C=C/c2ccc(OC(F)F)cc2OC(F)F)C1. The molecule has 2 rings (SSSR count). The standard InChI is InChI=1S/C20H26F4N2O4/c1-13(2)11-26-7-8-28-16(12-26)10-25-18(27)6-4-14-3-5-15(29-19(21)22)9-17(14)30-20(23)24/h3-6,9,13,16,19-20H,7-8,10-12H2,1-2H3,(H,25,27)/b6-4+. The molecule has 1 aliphatic rings. The summed E-state index contributed by atoms with van der Waals surface area (Å²) < 4.78 is 64.0. The van der Waals surface area contributed by atoms with Crippen LogP contribution in [0, 0.1) is 5.92 Å². The fraction of sp³-hybridized carbons (Fsp3) is 0.550. The van der Waals surface area contributed by atoms with Gasteiger partial charge in [-0.3, -0.25) is 9.69 Å². The maximum Gasteiger partial charge on any atom is 0.387 e. The van der Waals surface area contributed by atoms with Crippen LogP contribution in [0.4, 0.5) is 17.6 Å². The van der Waals surface area contributed by atoms with E-state index in [2.05, 4.69) is 33.5 Å². The minimum Gasteiger partial charge on any atom is -0.435 e. The molecule has 168 valence electrons. The second-order valence-corrected chi connectivity index (χ2v) is 7.18. The number of amides is 1. The molecule has 30 heavy (non-hydrogen) atoms. The Morgan fingerprint density at radius 1 is 1.27 bits per heavy atom. The van der Waals surface area contributed by atoms with Gasteiger partial charge < -0.3 is 19.5 Å². The summed E-state index contributed by atoms with van der Waals surface area (Å²) in [7, 11) is 0. The largest absolute Gasteiger partial charge is 0.435 e. The van der Waals surface area contributed by atoms with Crippen molar-refractivity contribution in [1.82, 2.24) is 10.2 Å². The van der Waals surface area contributed by atoms with Gasteiger partial charge in [0.15, 0.2) is 0 Å². The average molecular weight is 434 g/mol. The fourth-order valence-electron chi connectivity index (χ4n) is 3.05. The summed E-state index contributed by atoms with van der Waals surface area (Å²) in [5.74, 6) is -0.631. The molecule has 10 heteroatoms. The highest BCUT2D eigenvalue weighted by Crippen LogP contribution is 2.28. The molecule has 0 bridgehead atoms. The highest BCUT2D eigenvalue weighted by atomic mass is 19.3. The van der Waals surface area contributed by atoms with Crippen LogP contribution in [0.25, 0.3) is 6.08 Å². The molecule has 0 aliphatic carbocycles. The van der Waals surface area contributed by atoms with Gasteiger partial charge in [-0.05, 0) is 24.1 Å². The molecule has 1 aromatic carbocycles. The summed E-state index contributed by atoms with van der Waals surface area (Å²) in [4.78, 5) is 14.4. The Kier molecular flexibility index (Phi) is 9.38. The van der Waals surface area contributed by atoms with Crippen molar-refractivity contribution < 1.29 is 36.6 Å². The summed E-state index contributed by atoms with van der Waals surface area (Å²) in [5.41, 5.74) is 0.115. The Morgan fingerprint density at radius 3 is 2.67 bits per heavy atom. The number of alkyl halides is 4. The summed E-state index contributed by atoms with van der Waals surface area (Å²) >= 11 is 0. The zero-order chi connectivity index (χ0) is 22.1. The third-order valence-electron chi connectivity index (χ3n) is 4.19. The lowest BCUT2D eigenvalue weighted by Crippen LogP contribution is -2.48. The summed E-state index contributed by atoms with van der Waals surface area (Å²) in [6, 6.07) is 3.32. The van der Waals surface area contributed by atoms with E-state index in [1.54, 1.807) is 0 Å². The molecule has 0 spiro atoms. The molecule has 1 saturated heterocycles. The minimum absolute atomic E-state index is 0.115. The number of hydrogen-bond donors (Lipinski definition) is 1. The van der Waals surface area contributed by atoms with E-state index in [4.69, 9.17) is 4.74 Å². The Balaban J connectivity index is 1.93. The van der Waals surface area contributed by atoms with Crippen LogP contribution in [0.2, 0.25) is 0 Å². The van der Waals surface area contributed by atoms with E-state index in [1.807, 2.05) is 0 Å². The van der Waals surface area contributed by atoms with Crippen LogP contribution < -0.4 is 14.8 Å². The van der Waals surface area contributed by atoms with Crippen molar-refractivity contribution in [3.8, 4) is 11.5 Å². The van der Waals surface area contributed by atoms with Crippen molar-refractivity contribution in [2.45, 2.75) is 33.2 Å². The van der Waals surface area contributed by atoms with E-state index < -0.39 is 19.1 Å². The second-order valence-electron chi connectivity index (χ2n) is 7.18. The van der Waals surface area contributed by atoms with Crippen molar-refractivity contribution in [1.29, 1.82) is 0 Å². The van der Waals surface area contributed by atoms with Gasteiger partial charge in [0.1, 0.15) is 11.5 Å². The zero-order valence-electron chi connectivity index (χ0n) is 16.8. The molecule has 1 amide bonds. The first kappa shape index (κ1) is 23.9. The van der Waals surface area contributed by atoms with Gasteiger partial charge in [-0.2, -0.15) is 17.6 Å². The molecule has 6 nitrogen and oxygen atoms in total. The van der Waals surface area contributed by atoms with E-state index in [1.165, 1.54) is 18.2 Å². The smallest absolute Gasteiger partial charge is 0.387 e. The lowest BCUT2D eigenvalue weighted by atomic mass is 10.1. The van der Waals surface area contributed by atoms with Crippen LogP contribution >= 0.6 is 0 Å². The van der Waals surface area contributed by atoms with Gasteiger partial charge in [0, 0.05) is 43.9 Å². The van der Waals surface area contributed by atoms with Crippen molar-refractivity contribution >= 4 is 12.0 Å². The highest BCUT2D eigenvalue weighted by Gasteiger charge is 2.21. The van der Waals surface area contributed by atoms with Crippen LogP contribution in [0.15, 0.2) is 24.3 Å². The number of carbonyl (C=O) groups is 1. The predicted octanol–water partition coefficient (Wildman–Crippen LogP) is 3.38. The summed E-state index contributed by atoms with van der Waals surface area (Å²) in [6.07, 6.45) is 2.26. The first-order valence-electron chi connectivity index (χ1n) is 9.56. The van der Waals surface area contributed by atoms with E-state index in [-0.39, 0.29) is 23.2 Å². The monoisotopic (exact) mass is 434 g/mol. The Labute approximate surface area is 172 Å². The molecular weight excluding hydrogens is 408 g/mol. The van der Waals surface area contributed by atoms with E-state index in [0.29, 0.717) is 25.6 Å². The van der Waals surface area contributed by atoms with Gasteiger partial charge in [-0.25, -0.2) is 0 Å². The number of nitrogens with one attached hydrogen (secondary N) is 1. The molecule has 1 aromatic rings. The van der Waals surface area contributed by atoms with Crippen molar-refractivity contribution in [3.63, 3.8) is 0 Å². The maximum absolute atomic E-state index is 12.6. The van der Waals surface area contributed by atoms with E-state index in [0.717, 1.165) is 25.2 Å². The number of nitrogens with zero attached hydrogens (tertiary/aromatic N) is 1. The molecule has 1 N–H and O–H groups in total. The number of rotatable bonds is 10. The molecule has 1 fully saturated rings. The summed E-state index contributed by atoms with van der Waals surface area (Å²) in [5, 5.41) is 2.70. The topological polar surface area (TPSA) is 60.0 Å². The third kappa shape index (κ3) is 8.58. The second kappa shape index (κ2) is 11.8. The predicted molar refractivity (Wildman–Crippen MR) is 103 cm³/mol. The third-order valence-corrected chi connectivity index (χ3v) is 4.19. The lowest BCUT2D eigenvalue weighted by Gasteiger charge is -2.33. The normalized spacial score (nSPS) is 17.8. The number of benzene rings is 1. The van der Waals surface area contributed by atoms with Gasteiger partial charge in [0.05, 0.1) is 12.7 Å². The number of carbonyl (C=O) groups excluding carboxylic acids is 1.